The number of likely N-dealkylation sites (tertiary alicyclic amines) is 1. The number of ether oxygens (including phenoxy) is 1. The Kier molecular flexibility index (Phi) is 2.26. The Morgan fingerprint density at radius 1 is 1.46 bits per heavy atom. The number of hydrogen-bond acceptors (Lipinski definition) is 3. The van der Waals surface area contributed by atoms with Crippen molar-refractivity contribution in [2.75, 3.05) is 33.3 Å². The minimum Gasteiger partial charge on any atom is -0.373 e. The zero-order valence-corrected chi connectivity index (χ0v) is 8.19. The summed E-state index contributed by atoms with van der Waals surface area (Å²) in [5, 5.41) is 0. The number of fused-ring (bicyclic) bond motifs is 1. The number of carbonyl (C=O) groups excluding carboxylic acids is 1. The van der Waals surface area contributed by atoms with Crippen molar-refractivity contribution < 1.29 is 9.53 Å². The van der Waals surface area contributed by atoms with Crippen molar-refractivity contribution in [2.24, 2.45) is 0 Å². The Morgan fingerprint density at radius 3 is 2.85 bits per heavy atom. The van der Waals surface area contributed by atoms with Gasteiger partial charge in [-0.1, -0.05) is 0 Å². The molecule has 0 saturated carbocycles. The van der Waals surface area contributed by atoms with Gasteiger partial charge in [-0.05, 0) is 7.05 Å². The Bertz CT molecular complexity index is 220. The average Bonchev–Trinajstić information content (AvgIpc) is 2.49. The predicted molar refractivity (Wildman–Crippen MR) is 48.4 cm³/mol. The molecule has 74 valence electrons. The predicted octanol–water partition coefficient (Wildman–Crippen LogP) is -0.452. The summed E-state index contributed by atoms with van der Waals surface area (Å²) in [6.07, 6.45) is 0.239. The summed E-state index contributed by atoms with van der Waals surface area (Å²) in [5.74, 6) is 0.159. The number of likely N-dealkylation sites (N-methyl/N-ethyl adjacent to an activating group) is 1. The minimum absolute atomic E-state index is 0.159. The van der Waals surface area contributed by atoms with E-state index in [2.05, 4.69) is 11.9 Å². The van der Waals surface area contributed by atoms with E-state index in [9.17, 15) is 4.79 Å². The van der Waals surface area contributed by atoms with Crippen molar-refractivity contribution in [3.8, 4) is 0 Å². The normalized spacial score (nSPS) is 34.8. The van der Waals surface area contributed by atoms with Crippen LogP contribution in [-0.4, -0.2) is 61.1 Å². The van der Waals surface area contributed by atoms with E-state index >= 15 is 0 Å². The molecule has 0 radical (unpaired) electrons. The molecule has 0 aromatic rings. The lowest BCUT2D eigenvalue weighted by molar-refractivity contribution is -0.128. The zero-order valence-electron chi connectivity index (χ0n) is 8.19. The molecule has 4 heteroatoms. The fourth-order valence-corrected chi connectivity index (χ4v) is 2.11. The first-order valence-electron chi connectivity index (χ1n) is 4.76. The van der Waals surface area contributed by atoms with Crippen LogP contribution in [0.2, 0.25) is 0 Å². The van der Waals surface area contributed by atoms with Gasteiger partial charge in [-0.3, -0.25) is 9.69 Å². The molecule has 0 spiro atoms. The van der Waals surface area contributed by atoms with E-state index < -0.39 is 0 Å². The first kappa shape index (κ1) is 8.97. The molecule has 0 N–H and O–H groups in total. The van der Waals surface area contributed by atoms with Crippen molar-refractivity contribution in [3.63, 3.8) is 0 Å². The number of nitrogens with zero attached hydrogens (tertiary/aromatic N) is 2. The number of rotatable bonds is 0. The smallest absolute Gasteiger partial charge is 0.219 e. The molecule has 0 aromatic carbocycles. The lowest BCUT2D eigenvalue weighted by atomic mass is 10.1. The molecule has 2 saturated heterocycles. The van der Waals surface area contributed by atoms with E-state index in [1.54, 1.807) is 6.92 Å². The minimum atomic E-state index is 0.159. The summed E-state index contributed by atoms with van der Waals surface area (Å²) in [7, 11) is 2.10. The van der Waals surface area contributed by atoms with Gasteiger partial charge >= 0.3 is 0 Å². The van der Waals surface area contributed by atoms with Crippen molar-refractivity contribution in [1.82, 2.24) is 9.80 Å². The van der Waals surface area contributed by atoms with E-state index in [1.165, 1.54) is 0 Å². The van der Waals surface area contributed by atoms with Crippen LogP contribution in [0.15, 0.2) is 0 Å². The molecule has 13 heavy (non-hydrogen) atoms. The maximum Gasteiger partial charge on any atom is 0.219 e. The van der Waals surface area contributed by atoms with Crippen LogP contribution in [0, 0.1) is 0 Å². The molecule has 2 fully saturated rings. The van der Waals surface area contributed by atoms with Crippen molar-refractivity contribution in [3.05, 3.63) is 0 Å². The highest BCUT2D eigenvalue weighted by molar-refractivity contribution is 5.73. The summed E-state index contributed by atoms with van der Waals surface area (Å²) in [6.45, 7) is 4.99. The Hall–Kier alpha value is -0.610. The highest BCUT2D eigenvalue weighted by Gasteiger charge is 2.39. The third-order valence-electron chi connectivity index (χ3n) is 3.02. The molecule has 2 rings (SSSR count). The molecule has 2 heterocycles. The lowest BCUT2D eigenvalue weighted by Crippen LogP contribution is -2.48. The standard InChI is InChI=1S/C9H16N2O2/c1-7(12)11-5-8-9(6-11)13-4-3-10(8)2/h8-9H,3-6H2,1-2H3. The average molecular weight is 184 g/mol. The first-order chi connectivity index (χ1) is 6.18. The number of hydrogen-bond donors (Lipinski definition) is 0. The van der Waals surface area contributed by atoms with Gasteiger partial charge in [0.1, 0.15) is 0 Å². The zero-order chi connectivity index (χ0) is 9.42. The SMILES string of the molecule is CC(=O)N1CC2OCCN(C)C2C1. The van der Waals surface area contributed by atoms with Crippen molar-refractivity contribution in [2.45, 2.75) is 19.1 Å². The summed E-state index contributed by atoms with van der Waals surface area (Å²) in [5.41, 5.74) is 0. The van der Waals surface area contributed by atoms with Crippen LogP contribution in [0.4, 0.5) is 0 Å². The molecule has 4 nitrogen and oxygen atoms in total. The molecule has 2 aliphatic rings. The molecular weight excluding hydrogens is 168 g/mol. The van der Waals surface area contributed by atoms with E-state index in [0.717, 1.165) is 26.2 Å². The van der Waals surface area contributed by atoms with Gasteiger partial charge < -0.3 is 9.64 Å². The second-order valence-electron chi connectivity index (χ2n) is 3.88. The van der Waals surface area contributed by atoms with E-state index in [4.69, 9.17) is 4.74 Å². The quantitative estimate of drug-likeness (QED) is 0.511. The van der Waals surface area contributed by atoms with Crippen LogP contribution in [0.1, 0.15) is 6.92 Å². The molecular formula is C9H16N2O2. The molecule has 0 aliphatic carbocycles. The van der Waals surface area contributed by atoms with Crippen LogP contribution in [0.5, 0.6) is 0 Å². The highest BCUT2D eigenvalue weighted by Crippen LogP contribution is 2.21. The number of amides is 1. The molecule has 2 unspecified atom stereocenters. The van der Waals surface area contributed by atoms with Crippen LogP contribution in [0.3, 0.4) is 0 Å². The fraction of sp³-hybridized carbons (Fsp3) is 0.889. The van der Waals surface area contributed by atoms with Gasteiger partial charge in [-0.15, -0.1) is 0 Å². The van der Waals surface area contributed by atoms with Gasteiger partial charge in [-0.25, -0.2) is 0 Å². The summed E-state index contributed by atoms with van der Waals surface area (Å²) < 4.78 is 5.62. The lowest BCUT2D eigenvalue weighted by Gasteiger charge is -2.33. The number of carbonyl (C=O) groups is 1. The van der Waals surface area contributed by atoms with Gasteiger partial charge in [-0.2, -0.15) is 0 Å². The summed E-state index contributed by atoms with van der Waals surface area (Å²) in [6, 6.07) is 0.414. The van der Waals surface area contributed by atoms with Gasteiger partial charge in [0.15, 0.2) is 0 Å². The Balaban J connectivity index is 2.04. The second-order valence-corrected chi connectivity index (χ2v) is 3.88. The summed E-state index contributed by atoms with van der Waals surface area (Å²) >= 11 is 0. The Morgan fingerprint density at radius 2 is 2.23 bits per heavy atom. The van der Waals surface area contributed by atoms with E-state index in [1.807, 2.05) is 4.90 Å². The van der Waals surface area contributed by atoms with Crippen LogP contribution in [-0.2, 0) is 9.53 Å². The van der Waals surface area contributed by atoms with Gasteiger partial charge in [0.2, 0.25) is 5.91 Å². The van der Waals surface area contributed by atoms with Crippen LogP contribution < -0.4 is 0 Å². The van der Waals surface area contributed by atoms with Gasteiger partial charge in [0, 0.05) is 26.6 Å². The molecule has 0 aromatic heterocycles. The fourth-order valence-electron chi connectivity index (χ4n) is 2.11. The summed E-state index contributed by atoms with van der Waals surface area (Å²) in [4.78, 5) is 15.3. The van der Waals surface area contributed by atoms with Gasteiger partial charge in [0.25, 0.3) is 0 Å². The van der Waals surface area contributed by atoms with Crippen LogP contribution >= 0.6 is 0 Å². The maximum absolute atomic E-state index is 11.1. The monoisotopic (exact) mass is 184 g/mol. The molecule has 2 aliphatic heterocycles. The van der Waals surface area contributed by atoms with Gasteiger partial charge in [0.05, 0.1) is 18.8 Å². The third kappa shape index (κ3) is 1.56. The van der Waals surface area contributed by atoms with E-state index in [-0.39, 0.29) is 12.0 Å². The third-order valence-corrected chi connectivity index (χ3v) is 3.02. The second kappa shape index (κ2) is 3.27. The highest BCUT2D eigenvalue weighted by atomic mass is 16.5. The van der Waals surface area contributed by atoms with Crippen molar-refractivity contribution >= 4 is 5.91 Å². The largest absolute Gasteiger partial charge is 0.373 e. The Labute approximate surface area is 78.4 Å². The molecule has 1 amide bonds. The first-order valence-corrected chi connectivity index (χ1v) is 4.76. The molecule has 2 atom stereocenters. The molecule has 0 bridgehead atoms. The number of morpholine rings is 1. The van der Waals surface area contributed by atoms with Crippen LogP contribution in [0.25, 0.3) is 0 Å². The topological polar surface area (TPSA) is 32.8 Å². The van der Waals surface area contributed by atoms with E-state index in [0.29, 0.717) is 6.04 Å². The maximum atomic E-state index is 11.1. The van der Waals surface area contributed by atoms with Crippen molar-refractivity contribution in [1.29, 1.82) is 0 Å².